The largest absolute Gasteiger partial charge is 0.426 e. The number of rotatable bonds is 6. The van der Waals surface area contributed by atoms with Gasteiger partial charge in [-0.2, -0.15) is 21.9 Å². The van der Waals surface area contributed by atoms with E-state index in [1.165, 1.54) is 0 Å². The number of sulfonamides is 1. The van der Waals surface area contributed by atoms with Gasteiger partial charge in [0.2, 0.25) is 0 Å². The quantitative estimate of drug-likeness (QED) is 0.607. The van der Waals surface area contributed by atoms with Gasteiger partial charge >= 0.3 is 17.6 Å². The predicted molar refractivity (Wildman–Crippen MR) is 80.4 cm³/mol. The molecule has 0 aromatic heterocycles. The van der Waals surface area contributed by atoms with E-state index < -0.39 is 39.7 Å². The molecule has 2 aliphatic carbocycles. The van der Waals surface area contributed by atoms with Crippen molar-refractivity contribution in [3.8, 4) is 0 Å². The first kappa shape index (κ1) is 20.8. The summed E-state index contributed by atoms with van der Waals surface area (Å²) in [5.41, 5.74) is 0. The molecule has 3 nitrogen and oxygen atoms in total. The van der Waals surface area contributed by atoms with Gasteiger partial charge in [0.1, 0.15) is 0 Å². The molecule has 10 heteroatoms. The Morgan fingerprint density at radius 1 is 0.760 bits per heavy atom. The van der Waals surface area contributed by atoms with E-state index in [-0.39, 0.29) is 25.7 Å². The molecule has 0 aromatic carbocycles. The van der Waals surface area contributed by atoms with Crippen molar-refractivity contribution in [3.05, 3.63) is 0 Å². The number of halogens is 6. The molecule has 0 spiro atoms. The molecule has 0 N–H and O–H groups in total. The van der Waals surface area contributed by atoms with Gasteiger partial charge in [0.15, 0.2) is 0 Å². The lowest BCUT2D eigenvalue weighted by Gasteiger charge is -2.42. The molecule has 2 saturated carbocycles. The van der Waals surface area contributed by atoms with Crippen molar-refractivity contribution in [3.63, 3.8) is 0 Å². The van der Waals surface area contributed by atoms with Crippen molar-refractivity contribution in [2.75, 3.05) is 0 Å². The first-order valence-electron chi connectivity index (χ1n) is 8.60. The van der Waals surface area contributed by atoms with Crippen LogP contribution in [0.3, 0.4) is 0 Å². The van der Waals surface area contributed by atoms with Gasteiger partial charge in [-0.25, -0.2) is 17.2 Å². The summed E-state index contributed by atoms with van der Waals surface area (Å²) in [6, 6.07) is -1.66. The van der Waals surface area contributed by atoms with Crippen molar-refractivity contribution in [2.24, 2.45) is 0 Å². The van der Waals surface area contributed by atoms with Gasteiger partial charge in [-0.3, -0.25) is 0 Å². The molecule has 0 atom stereocenters. The summed E-state index contributed by atoms with van der Waals surface area (Å²) in [7, 11) is -5.93. The van der Waals surface area contributed by atoms with Crippen LogP contribution in [0.4, 0.5) is 26.3 Å². The van der Waals surface area contributed by atoms with Crippen LogP contribution in [-0.4, -0.2) is 42.4 Å². The maximum atomic E-state index is 14.1. The zero-order chi connectivity index (χ0) is 18.9. The van der Waals surface area contributed by atoms with E-state index in [1.54, 1.807) is 0 Å². The van der Waals surface area contributed by atoms with Crippen LogP contribution < -0.4 is 0 Å². The molecular weight excluding hydrogens is 372 g/mol. The van der Waals surface area contributed by atoms with E-state index in [0.717, 1.165) is 12.8 Å². The third-order valence-corrected chi connectivity index (χ3v) is 7.20. The highest BCUT2D eigenvalue weighted by atomic mass is 32.2. The average Bonchev–Trinajstić information content (AvgIpc) is 2.56. The monoisotopic (exact) mass is 395 g/mol. The van der Waals surface area contributed by atoms with Gasteiger partial charge in [0.25, 0.3) is 10.0 Å². The zero-order valence-corrected chi connectivity index (χ0v) is 14.6. The second-order valence-electron chi connectivity index (χ2n) is 6.86. The maximum Gasteiger partial charge on any atom is 0.426 e. The SMILES string of the molecule is O=S(=O)(N(C1CCCCC1)C1CCCCC1)C(F)(F)C(F)(F)C(F)F. The van der Waals surface area contributed by atoms with E-state index in [1.807, 2.05) is 0 Å². The summed E-state index contributed by atoms with van der Waals surface area (Å²) in [5, 5.41) is -5.84. The highest BCUT2D eigenvalue weighted by molar-refractivity contribution is 7.90. The van der Waals surface area contributed by atoms with Crippen molar-refractivity contribution in [1.29, 1.82) is 0 Å². The number of hydrogen-bond donors (Lipinski definition) is 0. The Morgan fingerprint density at radius 3 is 1.44 bits per heavy atom. The van der Waals surface area contributed by atoms with Gasteiger partial charge in [-0.05, 0) is 25.7 Å². The average molecular weight is 395 g/mol. The van der Waals surface area contributed by atoms with Gasteiger partial charge in [-0.1, -0.05) is 38.5 Å². The molecule has 2 fully saturated rings. The molecule has 148 valence electrons. The van der Waals surface area contributed by atoms with E-state index in [4.69, 9.17) is 0 Å². The summed E-state index contributed by atoms with van der Waals surface area (Å²) >= 11 is 0. The van der Waals surface area contributed by atoms with Gasteiger partial charge in [0, 0.05) is 12.1 Å². The van der Waals surface area contributed by atoms with Crippen LogP contribution in [-0.2, 0) is 10.0 Å². The molecule has 0 radical (unpaired) electrons. The van der Waals surface area contributed by atoms with E-state index >= 15 is 0 Å². The third-order valence-electron chi connectivity index (χ3n) is 5.13. The number of alkyl halides is 6. The van der Waals surface area contributed by atoms with Crippen LogP contribution in [0.2, 0.25) is 0 Å². The van der Waals surface area contributed by atoms with Crippen molar-refractivity contribution in [1.82, 2.24) is 4.31 Å². The number of hydrogen-bond acceptors (Lipinski definition) is 2. The smallest absolute Gasteiger partial charge is 0.206 e. The summed E-state index contributed by atoms with van der Waals surface area (Å²) in [6.45, 7) is 0. The van der Waals surface area contributed by atoms with Crippen LogP contribution in [0, 0.1) is 0 Å². The highest BCUT2D eigenvalue weighted by Gasteiger charge is 2.72. The van der Waals surface area contributed by atoms with Crippen LogP contribution in [0.25, 0.3) is 0 Å². The molecule has 2 aliphatic rings. The Kier molecular flexibility index (Phi) is 6.34. The molecule has 0 aromatic rings. The fourth-order valence-corrected chi connectivity index (χ4v) is 5.70. The molecule has 0 heterocycles. The minimum absolute atomic E-state index is 0.284. The second-order valence-corrected chi connectivity index (χ2v) is 8.74. The maximum absolute atomic E-state index is 14.1. The van der Waals surface area contributed by atoms with E-state index in [0.29, 0.717) is 30.0 Å². The Balaban J connectivity index is 2.43. The van der Waals surface area contributed by atoms with Gasteiger partial charge < -0.3 is 0 Å². The van der Waals surface area contributed by atoms with E-state index in [9.17, 15) is 34.8 Å². The summed E-state index contributed by atoms with van der Waals surface area (Å²) in [5.74, 6) is -5.94. The molecule has 0 saturated heterocycles. The molecule has 0 amide bonds. The Bertz CT molecular complexity index is 524. The van der Waals surface area contributed by atoms with E-state index in [2.05, 4.69) is 0 Å². The lowest BCUT2D eigenvalue weighted by molar-refractivity contribution is -0.227. The van der Waals surface area contributed by atoms with Crippen molar-refractivity contribution < 1.29 is 34.8 Å². The predicted octanol–water partition coefficient (Wildman–Crippen LogP) is 4.78. The third kappa shape index (κ3) is 3.79. The topological polar surface area (TPSA) is 37.4 Å². The molecule has 0 unspecified atom stereocenters. The van der Waals surface area contributed by atoms with Gasteiger partial charge in [-0.15, -0.1) is 0 Å². The summed E-state index contributed by atoms with van der Waals surface area (Å²) in [6.07, 6.45) is 0.367. The van der Waals surface area contributed by atoms with Crippen LogP contribution in [0.5, 0.6) is 0 Å². The minimum atomic E-state index is -5.94. The molecule has 0 aliphatic heterocycles. The number of nitrogens with zero attached hydrogens (tertiary/aromatic N) is 1. The minimum Gasteiger partial charge on any atom is -0.206 e. The Hall–Kier alpha value is -0.510. The normalized spacial score (nSPS) is 22.7. The first-order valence-corrected chi connectivity index (χ1v) is 10.0. The van der Waals surface area contributed by atoms with Crippen molar-refractivity contribution >= 4 is 10.0 Å². The molecule has 2 rings (SSSR count). The Morgan fingerprint density at radius 2 is 1.12 bits per heavy atom. The molecule has 0 bridgehead atoms. The van der Waals surface area contributed by atoms with Crippen LogP contribution in [0.15, 0.2) is 0 Å². The summed E-state index contributed by atoms with van der Waals surface area (Å²) in [4.78, 5) is 0. The lowest BCUT2D eigenvalue weighted by atomic mass is 9.91. The zero-order valence-electron chi connectivity index (χ0n) is 13.7. The molecular formula is C15H23F6NO2S. The van der Waals surface area contributed by atoms with Crippen LogP contribution >= 0.6 is 0 Å². The lowest BCUT2D eigenvalue weighted by Crippen LogP contribution is -2.61. The second kappa shape index (κ2) is 7.62. The first-order chi connectivity index (χ1) is 11.5. The fourth-order valence-electron chi connectivity index (χ4n) is 3.79. The Labute approximate surface area is 143 Å². The standard InChI is InChI=1S/C15H23F6NO2S/c16-13(17)14(18,19)15(20,21)25(23,24)22(11-7-3-1-4-8-11)12-9-5-2-6-10-12/h11-13H,1-10H2. The fraction of sp³-hybridized carbons (Fsp3) is 1.00. The van der Waals surface area contributed by atoms with Crippen molar-refractivity contribution in [2.45, 2.75) is 93.9 Å². The van der Waals surface area contributed by atoms with Gasteiger partial charge in [0.05, 0.1) is 0 Å². The summed E-state index contributed by atoms with van der Waals surface area (Å²) < 4.78 is 105. The highest BCUT2D eigenvalue weighted by Crippen LogP contribution is 2.47. The molecule has 25 heavy (non-hydrogen) atoms. The van der Waals surface area contributed by atoms with Crippen LogP contribution in [0.1, 0.15) is 64.2 Å².